The van der Waals surface area contributed by atoms with E-state index in [0.717, 1.165) is 6.07 Å². The van der Waals surface area contributed by atoms with Gasteiger partial charge in [0.2, 0.25) is 5.67 Å². The quantitative estimate of drug-likeness (QED) is 0.749. The van der Waals surface area contributed by atoms with Crippen molar-refractivity contribution >= 4 is 5.97 Å². The lowest BCUT2D eigenvalue weighted by Gasteiger charge is -2.15. The molecule has 0 saturated carbocycles. The number of fused-ring (bicyclic) bond motifs is 1. The highest BCUT2D eigenvalue weighted by atomic mass is 19.1. The molecule has 0 radical (unpaired) electrons. The number of carboxylic acids is 1. The number of aliphatic carboxylic acids is 1. The van der Waals surface area contributed by atoms with Gasteiger partial charge in [-0.25, -0.2) is 13.6 Å². The molecule has 0 aliphatic heterocycles. The topological polar surface area (TPSA) is 37.3 Å². The maximum absolute atomic E-state index is 13.8. The Bertz CT molecular complexity index is 403. The van der Waals surface area contributed by atoms with Crippen LogP contribution < -0.4 is 0 Å². The molecule has 0 spiro atoms. The molecule has 1 aliphatic rings. The fourth-order valence-corrected chi connectivity index (χ4v) is 1.87. The van der Waals surface area contributed by atoms with Crippen molar-refractivity contribution in [2.45, 2.75) is 18.5 Å². The molecule has 1 N–H and O–H groups in total. The predicted octanol–water partition coefficient (Wildman–Crippen LogP) is 2.02. The SMILES string of the molecule is O=C(O)C1(F)CCc2cccc(F)c21. The van der Waals surface area contributed by atoms with E-state index in [-0.39, 0.29) is 18.4 Å². The fourth-order valence-electron chi connectivity index (χ4n) is 1.87. The number of aryl methyl sites for hydroxylation is 1. The van der Waals surface area contributed by atoms with Crippen molar-refractivity contribution < 1.29 is 18.7 Å². The van der Waals surface area contributed by atoms with Crippen LogP contribution in [-0.4, -0.2) is 11.1 Å². The first kappa shape index (κ1) is 9.12. The van der Waals surface area contributed by atoms with E-state index < -0.39 is 17.5 Å². The molecule has 4 heteroatoms. The number of benzene rings is 1. The second-order valence-electron chi connectivity index (χ2n) is 3.38. The molecule has 1 aromatic rings. The Morgan fingerprint density at radius 3 is 2.86 bits per heavy atom. The molecule has 1 atom stereocenters. The summed E-state index contributed by atoms with van der Waals surface area (Å²) < 4.78 is 27.1. The minimum Gasteiger partial charge on any atom is -0.479 e. The monoisotopic (exact) mass is 198 g/mol. The number of hydrogen-bond acceptors (Lipinski definition) is 1. The second-order valence-corrected chi connectivity index (χ2v) is 3.38. The fraction of sp³-hybridized carbons (Fsp3) is 0.300. The van der Waals surface area contributed by atoms with E-state index in [0.29, 0.717) is 5.56 Å². The van der Waals surface area contributed by atoms with Crippen molar-refractivity contribution in [2.75, 3.05) is 0 Å². The summed E-state index contributed by atoms with van der Waals surface area (Å²) in [6.45, 7) is 0. The lowest BCUT2D eigenvalue weighted by Crippen LogP contribution is -2.28. The van der Waals surface area contributed by atoms with E-state index >= 15 is 0 Å². The molecule has 2 rings (SSSR count). The maximum atomic E-state index is 13.8. The molecule has 1 aromatic carbocycles. The average molecular weight is 198 g/mol. The van der Waals surface area contributed by atoms with E-state index in [1.165, 1.54) is 6.07 Å². The summed E-state index contributed by atoms with van der Waals surface area (Å²) >= 11 is 0. The molecule has 0 bridgehead atoms. The summed E-state index contributed by atoms with van der Waals surface area (Å²) in [5.41, 5.74) is -2.39. The van der Waals surface area contributed by atoms with Crippen molar-refractivity contribution in [1.29, 1.82) is 0 Å². The van der Waals surface area contributed by atoms with E-state index in [1.807, 2.05) is 0 Å². The number of rotatable bonds is 1. The van der Waals surface area contributed by atoms with Crippen LogP contribution in [0.15, 0.2) is 18.2 Å². The summed E-state index contributed by atoms with van der Waals surface area (Å²) in [6.07, 6.45) is 0.0918. The zero-order chi connectivity index (χ0) is 10.3. The largest absolute Gasteiger partial charge is 0.479 e. The first-order chi connectivity index (χ1) is 6.55. The number of alkyl halides is 1. The van der Waals surface area contributed by atoms with Gasteiger partial charge in [0.15, 0.2) is 0 Å². The van der Waals surface area contributed by atoms with Crippen molar-refractivity contribution in [2.24, 2.45) is 0 Å². The van der Waals surface area contributed by atoms with Crippen LogP contribution in [-0.2, 0) is 16.9 Å². The van der Waals surface area contributed by atoms with Gasteiger partial charge in [-0.05, 0) is 18.1 Å². The van der Waals surface area contributed by atoms with Crippen molar-refractivity contribution in [1.82, 2.24) is 0 Å². The van der Waals surface area contributed by atoms with Gasteiger partial charge in [0.05, 0.1) is 0 Å². The summed E-state index contributed by atoms with van der Waals surface area (Å²) in [5.74, 6) is -2.38. The van der Waals surface area contributed by atoms with E-state index in [9.17, 15) is 13.6 Å². The Labute approximate surface area is 79.2 Å². The van der Waals surface area contributed by atoms with E-state index in [4.69, 9.17) is 5.11 Å². The van der Waals surface area contributed by atoms with Gasteiger partial charge in [-0.3, -0.25) is 0 Å². The van der Waals surface area contributed by atoms with Crippen molar-refractivity contribution in [3.63, 3.8) is 0 Å². The van der Waals surface area contributed by atoms with Crippen LogP contribution in [0, 0.1) is 5.82 Å². The van der Waals surface area contributed by atoms with Gasteiger partial charge in [-0.1, -0.05) is 12.1 Å². The zero-order valence-corrected chi connectivity index (χ0v) is 7.26. The first-order valence-corrected chi connectivity index (χ1v) is 4.26. The molecule has 0 aromatic heterocycles. The minimum absolute atomic E-state index is 0.182. The van der Waals surface area contributed by atoms with Crippen molar-refractivity contribution in [3.05, 3.63) is 35.1 Å². The van der Waals surface area contributed by atoms with Crippen LogP contribution in [0.2, 0.25) is 0 Å². The van der Waals surface area contributed by atoms with Gasteiger partial charge in [0, 0.05) is 12.0 Å². The maximum Gasteiger partial charge on any atom is 0.346 e. The molecule has 74 valence electrons. The Kier molecular flexibility index (Phi) is 1.80. The van der Waals surface area contributed by atoms with Crippen LogP contribution in [0.4, 0.5) is 8.78 Å². The van der Waals surface area contributed by atoms with Gasteiger partial charge in [-0.15, -0.1) is 0 Å². The van der Waals surface area contributed by atoms with Gasteiger partial charge < -0.3 is 5.11 Å². The lowest BCUT2D eigenvalue weighted by molar-refractivity contribution is -0.151. The van der Waals surface area contributed by atoms with Gasteiger partial charge in [0.1, 0.15) is 5.82 Å². The highest BCUT2D eigenvalue weighted by Gasteiger charge is 2.48. The number of halogens is 2. The predicted molar refractivity (Wildman–Crippen MR) is 45.1 cm³/mol. The third-order valence-electron chi connectivity index (χ3n) is 2.57. The molecular formula is C10H8F2O2. The molecule has 1 unspecified atom stereocenters. The number of carboxylic acid groups (broad SMARTS) is 1. The molecule has 0 fully saturated rings. The van der Waals surface area contributed by atoms with Gasteiger partial charge in [0.25, 0.3) is 0 Å². The molecule has 0 amide bonds. The number of carbonyl (C=O) groups is 1. The summed E-state index contributed by atoms with van der Waals surface area (Å²) in [6, 6.07) is 4.10. The van der Waals surface area contributed by atoms with Crippen LogP contribution >= 0.6 is 0 Å². The van der Waals surface area contributed by atoms with E-state index in [1.54, 1.807) is 6.07 Å². The second kappa shape index (κ2) is 2.77. The lowest BCUT2D eigenvalue weighted by atomic mass is 9.98. The third-order valence-corrected chi connectivity index (χ3v) is 2.57. The molecule has 0 saturated heterocycles. The summed E-state index contributed by atoms with van der Waals surface area (Å²) in [5, 5.41) is 8.70. The van der Waals surface area contributed by atoms with Crippen LogP contribution in [0.5, 0.6) is 0 Å². The van der Waals surface area contributed by atoms with Gasteiger partial charge in [-0.2, -0.15) is 0 Å². The molecule has 0 heterocycles. The highest BCUT2D eigenvalue weighted by Crippen LogP contribution is 2.41. The Morgan fingerprint density at radius 2 is 2.21 bits per heavy atom. The normalized spacial score (nSPS) is 24.7. The van der Waals surface area contributed by atoms with Crippen LogP contribution in [0.25, 0.3) is 0 Å². The van der Waals surface area contributed by atoms with E-state index in [2.05, 4.69) is 0 Å². The average Bonchev–Trinajstić information content (AvgIpc) is 2.47. The number of hydrogen-bond donors (Lipinski definition) is 1. The summed E-state index contributed by atoms with van der Waals surface area (Å²) in [7, 11) is 0. The van der Waals surface area contributed by atoms with Crippen LogP contribution in [0.3, 0.4) is 0 Å². The zero-order valence-electron chi connectivity index (χ0n) is 7.26. The standard InChI is InChI=1S/C10H8F2O2/c11-7-3-1-2-6-4-5-10(12,8(6)7)9(13)14/h1-3H,4-5H2,(H,13,14). The Balaban J connectivity index is 2.64. The highest BCUT2D eigenvalue weighted by molar-refractivity contribution is 5.81. The Hall–Kier alpha value is -1.45. The van der Waals surface area contributed by atoms with Crippen molar-refractivity contribution in [3.8, 4) is 0 Å². The van der Waals surface area contributed by atoms with Crippen LogP contribution in [0.1, 0.15) is 17.5 Å². The molecule has 1 aliphatic carbocycles. The van der Waals surface area contributed by atoms with Gasteiger partial charge >= 0.3 is 5.97 Å². The molecule has 2 nitrogen and oxygen atoms in total. The summed E-state index contributed by atoms with van der Waals surface area (Å²) in [4.78, 5) is 10.7. The molecular weight excluding hydrogens is 190 g/mol. The molecule has 14 heavy (non-hydrogen) atoms. The minimum atomic E-state index is -2.54. The third kappa shape index (κ3) is 1.03. The first-order valence-electron chi connectivity index (χ1n) is 4.26. The Morgan fingerprint density at radius 1 is 1.50 bits per heavy atom. The smallest absolute Gasteiger partial charge is 0.346 e.